The van der Waals surface area contributed by atoms with Crippen molar-refractivity contribution in [3.63, 3.8) is 0 Å². The van der Waals surface area contributed by atoms with Gasteiger partial charge in [-0.15, -0.1) is 0 Å². The Labute approximate surface area is 147 Å². The molecule has 6 heteroatoms. The Bertz CT molecular complexity index is 703. The van der Waals surface area contributed by atoms with Crippen LogP contribution in [-0.4, -0.2) is 31.3 Å². The molecule has 1 aromatic carbocycles. The van der Waals surface area contributed by atoms with E-state index < -0.39 is 0 Å². The fourth-order valence-corrected chi connectivity index (χ4v) is 2.93. The van der Waals surface area contributed by atoms with Crippen molar-refractivity contribution in [1.29, 1.82) is 0 Å². The minimum absolute atomic E-state index is 0.0888. The maximum Gasteiger partial charge on any atom is 0.315 e. The van der Waals surface area contributed by atoms with Crippen LogP contribution in [0.5, 0.6) is 5.88 Å². The van der Waals surface area contributed by atoms with E-state index in [4.69, 9.17) is 9.47 Å². The van der Waals surface area contributed by atoms with Gasteiger partial charge in [0.25, 0.3) is 0 Å². The van der Waals surface area contributed by atoms with Gasteiger partial charge in [0, 0.05) is 25.9 Å². The molecule has 1 aliphatic carbocycles. The smallest absolute Gasteiger partial charge is 0.315 e. The summed E-state index contributed by atoms with van der Waals surface area (Å²) >= 11 is 0. The molecule has 6 nitrogen and oxygen atoms in total. The molecule has 0 spiro atoms. The lowest BCUT2D eigenvalue weighted by molar-refractivity contribution is 0.143. The monoisotopic (exact) mass is 341 g/mol. The van der Waals surface area contributed by atoms with Crippen molar-refractivity contribution in [2.24, 2.45) is 0 Å². The largest absolute Gasteiger partial charge is 0.475 e. The van der Waals surface area contributed by atoms with Gasteiger partial charge in [0.05, 0.1) is 12.6 Å². The summed E-state index contributed by atoms with van der Waals surface area (Å²) in [6, 6.07) is 11.9. The summed E-state index contributed by atoms with van der Waals surface area (Å²) in [4.78, 5) is 16.4. The van der Waals surface area contributed by atoms with Crippen molar-refractivity contribution in [3.05, 3.63) is 59.3 Å². The van der Waals surface area contributed by atoms with Gasteiger partial charge in [0.1, 0.15) is 6.61 Å². The summed E-state index contributed by atoms with van der Waals surface area (Å²) in [5.41, 5.74) is 3.46. The Morgan fingerprint density at radius 2 is 2.12 bits per heavy atom. The molecule has 3 rings (SSSR count). The number of pyridine rings is 1. The quantitative estimate of drug-likeness (QED) is 0.759. The molecule has 2 N–H and O–H groups in total. The van der Waals surface area contributed by atoms with Crippen molar-refractivity contribution in [1.82, 2.24) is 15.6 Å². The van der Waals surface area contributed by atoms with Crippen LogP contribution in [-0.2, 0) is 17.7 Å². The highest BCUT2D eigenvalue weighted by molar-refractivity contribution is 5.74. The standard InChI is InChI=1S/C19H23N3O3/c1-24-10-11-25-18-9-6-14(12-20-18)13-21-19(23)22-17-8-7-15-4-2-3-5-16(15)17/h2-6,9,12,17H,7-8,10-11,13H2,1H3,(H2,21,22,23)/t17-/m0/s1. The molecular weight excluding hydrogens is 318 g/mol. The Hall–Kier alpha value is -2.60. The van der Waals surface area contributed by atoms with E-state index in [1.165, 1.54) is 11.1 Å². The molecule has 1 aromatic heterocycles. The number of aryl methyl sites for hydroxylation is 1. The predicted octanol–water partition coefficient (Wildman–Crippen LogP) is 2.59. The molecule has 2 aromatic rings. The van der Waals surface area contributed by atoms with E-state index in [9.17, 15) is 4.79 Å². The van der Waals surface area contributed by atoms with Crippen LogP contribution in [0.3, 0.4) is 0 Å². The fraction of sp³-hybridized carbons (Fsp3) is 0.368. The molecule has 0 fully saturated rings. The van der Waals surface area contributed by atoms with E-state index in [0.717, 1.165) is 18.4 Å². The zero-order valence-electron chi connectivity index (χ0n) is 14.3. The number of benzene rings is 1. The minimum Gasteiger partial charge on any atom is -0.475 e. The lowest BCUT2D eigenvalue weighted by Crippen LogP contribution is -2.36. The average Bonchev–Trinajstić information content (AvgIpc) is 3.04. The number of ether oxygens (including phenoxy) is 2. The molecule has 2 amide bonds. The van der Waals surface area contributed by atoms with Gasteiger partial charge >= 0.3 is 6.03 Å². The number of urea groups is 1. The van der Waals surface area contributed by atoms with Gasteiger partial charge in [-0.25, -0.2) is 9.78 Å². The Kier molecular flexibility index (Phi) is 5.85. The molecule has 0 radical (unpaired) electrons. The van der Waals surface area contributed by atoms with Crippen LogP contribution in [0.2, 0.25) is 0 Å². The van der Waals surface area contributed by atoms with E-state index in [0.29, 0.717) is 25.6 Å². The molecule has 0 bridgehead atoms. The van der Waals surface area contributed by atoms with Gasteiger partial charge in [0.15, 0.2) is 0 Å². The molecule has 0 unspecified atom stereocenters. The van der Waals surface area contributed by atoms with Crippen LogP contribution in [0.1, 0.15) is 29.2 Å². The molecule has 25 heavy (non-hydrogen) atoms. The number of carbonyl (C=O) groups excluding carboxylic acids is 1. The van der Waals surface area contributed by atoms with Gasteiger partial charge in [-0.2, -0.15) is 0 Å². The second-order valence-electron chi connectivity index (χ2n) is 5.96. The summed E-state index contributed by atoms with van der Waals surface area (Å²) in [7, 11) is 1.63. The SMILES string of the molecule is COCCOc1ccc(CNC(=O)N[C@H]2CCc3ccccc32)cn1. The number of nitrogens with zero attached hydrogens (tertiary/aromatic N) is 1. The first-order chi connectivity index (χ1) is 12.3. The van der Waals surface area contributed by atoms with Crippen LogP contribution >= 0.6 is 0 Å². The lowest BCUT2D eigenvalue weighted by Gasteiger charge is -2.15. The average molecular weight is 341 g/mol. The number of aromatic nitrogens is 1. The number of fused-ring (bicyclic) bond motifs is 1. The Morgan fingerprint density at radius 1 is 1.24 bits per heavy atom. The molecule has 132 valence electrons. The number of hydrogen-bond donors (Lipinski definition) is 2. The summed E-state index contributed by atoms with van der Waals surface area (Å²) in [6.07, 6.45) is 3.66. The van der Waals surface area contributed by atoms with Crippen LogP contribution in [0.15, 0.2) is 42.6 Å². The van der Waals surface area contributed by atoms with Gasteiger partial charge in [0.2, 0.25) is 5.88 Å². The highest BCUT2D eigenvalue weighted by Crippen LogP contribution is 2.30. The zero-order chi connectivity index (χ0) is 17.5. The van der Waals surface area contributed by atoms with Crippen molar-refractivity contribution in [2.75, 3.05) is 20.3 Å². The van der Waals surface area contributed by atoms with Crippen molar-refractivity contribution in [3.8, 4) is 5.88 Å². The summed E-state index contributed by atoms with van der Waals surface area (Å²) in [6.45, 7) is 1.41. The second kappa shape index (κ2) is 8.48. The van der Waals surface area contributed by atoms with Gasteiger partial charge in [-0.05, 0) is 29.5 Å². The van der Waals surface area contributed by atoms with E-state index in [-0.39, 0.29) is 12.1 Å². The van der Waals surface area contributed by atoms with Crippen LogP contribution in [0.25, 0.3) is 0 Å². The lowest BCUT2D eigenvalue weighted by atomic mass is 10.1. The first kappa shape index (κ1) is 17.2. The molecule has 0 saturated carbocycles. The maximum absolute atomic E-state index is 12.1. The highest BCUT2D eigenvalue weighted by atomic mass is 16.5. The summed E-state index contributed by atoms with van der Waals surface area (Å²) < 4.78 is 10.3. The van der Waals surface area contributed by atoms with E-state index >= 15 is 0 Å². The number of nitrogens with one attached hydrogen (secondary N) is 2. The molecule has 0 saturated heterocycles. The molecule has 1 aliphatic rings. The van der Waals surface area contributed by atoms with Crippen molar-refractivity contribution >= 4 is 6.03 Å². The number of amides is 2. The van der Waals surface area contributed by atoms with Crippen LogP contribution < -0.4 is 15.4 Å². The number of methoxy groups -OCH3 is 1. The third-order valence-electron chi connectivity index (χ3n) is 4.23. The molecule has 1 heterocycles. The number of carbonyl (C=O) groups is 1. The van der Waals surface area contributed by atoms with E-state index in [1.54, 1.807) is 19.4 Å². The van der Waals surface area contributed by atoms with Crippen molar-refractivity contribution < 1.29 is 14.3 Å². The highest BCUT2D eigenvalue weighted by Gasteiger charge is 2.23. The van der Waals surface area contributed by atoms with Gasteiger partial charge in [-0.3, -0.25) is 0 Å². The number of hydrogen-bond acceptors (Lipinski definition) is 4. The zero-order valence-corrected chi connectivity index (χ0v) is 14.3. The first-order valence-electron chi connectivity index (χ1n) is 8.45. The van der Waals surface area contributed by atoms with Crippen molar-refractivity contribution in [2.45, 2.75) is 25.4 Å². The summed E-state index contributed by atoms with van der Waals surface area (Å²) in [5, 5.41) is 5.92. The fourth-order valence-electron chi connectivity index (χ4n) is 2.93. The third-order valence-corrected chi connectivity index (χ3v) is 4.23. The molecule has 1 atom stereocenters. The van der Waals surface area contributed by atoms with Gasteiger partial charge < -0.3 is 20.1 Å². The predicted molar refractivity (Wildman–Crippen MR) is 94.5 cm³/mol. The molecular formula is C19H23N3O3. The maximum atomic E-state index is 12.1. The van der Waals surface area contributed by atoms with E-state index in [2.05, 4.69) is 27.8 Å². The molecule has 0 aliphatic heterocycles. The number of rotatable bonds is 7. The van der Waals surface area contributed by atoms with Crippen LogP contribution in [0.4, 0.5) is 4.79 Å². The normalized spacial score (nSPS) is 15.5. The topological polar surface area (TPSA) is 72.5 Å². The van der Waals surface area contributed by atoms with E-state index in [1.807, 2.05) is 18.2 Å². The van der Waals surface area contributed by atoms with Gasteiger partial charge in [-0.1, -0.05) is 30.3 Å². The third kappa shape index (κ3) is 4.70. The minimum atomic E-state index is -0.165. The van der Waals surface area contributed by atoms with Crippen LogP contribution in [0, 0.1) is 0 Å². The second-order valence-corrected chi connectivity index (χ2v) is 5.96. The Balaban J connectivity index is 1.45. The first-order valence-corrected chi connectivity index (χ1v) is 8.45. The summed E-state index contributed by atoms with van der Waals surface area (Å²) in [5.74, 6) is 0.549. The Morgan fingerprint density at radius 3 is 2.92 bits per heavy atom.